The van der Waals surface area contributed by atoms with E-state index >= 15 is 0 Å². The van der Waals surface area contributed by atoms with Crippen LogP contribution in [0, 0.1) is 11.3 Å². The van der Waals surface area contributed by atoms with E-state index in [-0.39, 0.29) is 0 Å². The Kier molecular flexibility index (Phi) is 10.0. The van der Waals surface area contributed by atoms with Gasteiger partial charge >= 0.3 is 0 Å². The molecule has 0 aliphatic carbocycles. The van der Waals surface area contributed by atoms with E-state index in [1.807, 2.05) is 36.2 Å². The van der Waals surface area contributed by atoms with E-state index in [4.69, 9.17) is 4.98 Å². The molecule has 3 heterocycles. The van der Waals surface area contributed by atoms with Crippen molar-refractivity contribution in [3.05, 3.63) is 40.7 Å². The normalized spacial score (nSPS) is 13.0. The van der Waals surface area contributed by atoms with Gasteiger partial charge in [-0.25, -0.2) is 9.97 Å². The van der Waals surface area contributed by atoms with Gasteiger partial charge in [0, 0.05) is 50.7 Å². The molecular weight excluding hydrogens is 462 g/mol. The van der Waals surface area contributed by atoms with E-state index < -0.39 is 0 Å². The van der Waals surface area contributed by atoms with Crippen LogP contribution in [-0.2, 0) is 17.8 Å². The van der Waals surface area contributed by atoms with Gasteiger partial charge in [0.15, 0.2) is 6.29 Å². The van der Waals surface area contributed by atoms with Gasteiger partial charge in [0.05, 0.1) is 17.8 Å². The molecule has 2 aromatic heterocycles. The summed E-state index contributed by atoms with van der Waals surface area (Å²) in [7, 11) is 3.91. The number of anilines is 3. The number of likely N-dealkylation sites (N-methyl/N-ethyl adjacent to an activating group) is 2. The second-order valence-corrected chi connectivity index (χ2v) is 9.66. The standard InChI is InChI=1S/C25H33N7O2S/c1-30(10-11-33)8-9-31(2)17-20-13-19-5-4-7-32(25(19)29-23(20)18-34)24-14-22(27-6-12-35-3)21(15-26)16-28-24/h11,13-14,16,18H,4-10,12,17H2,1-3H3,(H,27,28). The minimum Gasteiger partial charge on any atom is -0.383 e. The molecule has 0 radical (unpaired) electrons. The molecule has 35 heavy (non-hydrogen) atoms. The van der Waals surface area contributed by atoms with Gasteiger partial charge in [0.2, 0.25) is 0 Å². The van der Waals surface area contributed by atoms with Crippen LogP contribution in [0.5, 0.6) is 0 Å². The number of carbonyl (C=O) groups is 2. The number of aldehydes is 2. The Balaban J connectivity index is 1.84. The molecule has 2 aromatic rings. The van der Waals surface area contributed by atoms with Crippen molar-refractivity contribution in [2.45, 2.75) is 19.4 Å². The zero-order chi connectivity index (χ0) is 25.2. The first-order valence-corrected chi connectivity index (χ1v) is 13.1. The van der Waals surface area contributed by atoms with Crippen LogP contribution in [0.3, 0.4) is 0 Å². The van der Waals surface area contributed by atoms with Crippen molar-refractivity contribution in [2.24, 2.45) is 0 Å². The molecule has 1 aliphatic rings. The maximum atomic E-state index is 12.0. The fourth-order valence-electron chi connectivity index (χ4n) is 4.05. The Labute approximate surface area is 211 Å². The van der Waals surface area contributed by atoms with Gasteiger partial charge in [-0.3, -0.25) is 9.69 Å². The predicted molar refractivity (Wildman–Crippen MR) is 141 cm³/mol. The number of aromatic nitrogens is 2. The summed E-state index contributed by atoms with van der Waals surface area (Å²) in [6.45, 7) is 4.03. The molecular formula is C25H33N7O2S. The third-order valence-electron chi connectivity index (χ3n) is 5.98. The van der Waals surface area contributed by atoms with Gasteiger partial charge in [-0.1, -0.05) is 0 Å². The summed E-state index contributed by atoms with van der Waals surface area (Å²) in [6, 6.07) is 6.19. The Bertz CT molecular complexity index is 1070. The molecule has 1 N–H and O–H groups in total. The monoisotopic (exact) mass is 495 g/mol. The maximum Gasteiger partial charge on any atom is 0.168 e. The van der Waals surface area contributed by atoms with Gasteiger partial charge in [-0.15, -0.1) is 0 Å². The summed E-state index contributed by atoms with van der Waals surface area (Å²) >= 11 is 1.74. The third kappa shape index (κ3) is 7.01. The van der Waals surface area contributed by atoms with Crippen molar-refractivity contribution in [3.63, 3.8) is 0 Å². The van der Waals surface area contributed by atoms with Gasteiger partial charge in [-0.05, 0) is 50.4 Å². The first-order chi connectivity index (χ1) is 17.0. The minimum absolute atomic E-state index is 0.405. The van der Waals surface area contributed by atoms with Crippen molar-refractivity contribution >= 4 is 41.7 Å². The van der Waals surface area contributed by atoms with E-state index in [0.29, 0.717) is 30.2 Å². The van der Waals surface area contributed by atoms with Crippen LogP contribution in [0.1, 0.15) is 33.6 Å². The smallest absolute Gasteiger partial charge is 0.168 e. The summed E-state index contributed by atoms with van der Waals surface area (Å²) in [5.41, 5.74) is 3.67. The number of thioether (sulfide) groups is 1. The number of hydrogen-bond donors (Lipinski definition) is 1. The van der Waals surface area contributed by atoms with Crippen LogP contribution in [0.4, 0.5) is 17.3 Å². The Hall–Kier alpha value is -3.00. The lowest BCUT2D eigenvalue weighted by molar-refractivity contribution is -0.108. The Morgan fingerprint density at radius 3 is 2.77 bits per heavy atom. The predicted octanol–water partition coefficient (Wildman–Crippen LogP) is 2.58. The highest BCUT2D eigenvalue weighted by Crippen LogP contribution is 2.34. The van der Waals surface area contributed by atoms with E-state index in [0.717, 1.165) is 80.0 Å². The summed E-state index contributed by atoms with van der Waals surface area (Å²) in [5, 5.41) is 12.8. The molecule has 0 aromatic carbocycles. The number of aryl methyl sites for hydroxylation is 1. The average Bonchev–Trinajstić information content (AvgIpc) is 2.87. The molecule has 0 amide bonds. The lowest BCUT2D eigenvalue weighted by atomic mass is 10.0. The number of hydrogen-bond acceptors (Lipinski definition) is 10. The zero-order valence-electron chi connectivity index (χ0n) is 20.7. The second kappa shape index (κ2) is 13.2. The molecule has 186 valence electrons. The Morgan fingerprint density at radius 1 is 1.26 bits per heavy atom. The highest BCUT2D eigenvalue weighted by atomic mass is 32.2. The van der Waals surface area contributed by atoms with Crippen LogP contribution >= 0.6 is 11.8 Å². The maximum absolute atomic E-state index is 12.0. The number of nitrogens with zero attached hydrogens (tertiary/aromatic N) is 6. The van der Waals surface area contributed by atoms with Crippen molar-refractivity contribution in [1.29, 1.82) is 5.26 Å². The molecule has 1 aliphatic heterocycles. The minimum atomic E-state index is 0.405. The number of nitriles is 1. The number of pyridine rings is 2. The molecule has 10 heteroatoms. The van der Waals surface area contributed by atoms with Crippen molar-refractivity contribution in [1.82, 2.24) is 19.8 Å². The molecule has 9 nitrogen and oxygen atoms in total. The highest BCUT2D eigenvalue weighted by Gasteiger charge is 2.24. The van der Waals surface area contributed by atoms with Gasteiger partial charge in [0.1, 0.15) is 29.7 Å². The van der Waals surface area contributed by atoms with Crippen molar-refractivity contribution in [3.8, 4) is 6.07 Å². The lowest BCUT2D eigenvalue weighted by Gasteiger charge is -2.31. The molecule has 0 saturated heterocycles. The zero-order valence-corrected chi connectivity index (χ0v) is 21.5. The molecule has 0 saturated carbocycles. The second-order valence-electron chi connectivity index (χ2n) is 8.67. The fourth-order valence-corrected chi connectivity index (χ4v) is 4.36. The van der Waals surface area contributed by atoms with Crippen LogP contribution in [0.15, 0.2) is 18.3 Å². The molecule has 3 rings (SSSR count). The lowest BCUT2D eigenvalue weighted by Crippen LogP contribution is -2.32. The van der Waals surface area contributed by atoms with Crippen LogP contribution in [0.25, 0.3) is 0 Å². The van der Waals surface area contributed by atoms with E-state index in [1.54, 1.807) is 18.0 Å². The van der Waals surface area contributed by atoms with Crippen LogP contribution < -0.4 is 10.2 Å². The summed E-state index contributed by atoms with van der Waals surface area (Å²) < 4.78 is 0. The average molecular weight is 496 g/mol. The number of fused-ring (bicyclic) bond motifs is 1. The van der Waals surface area contributed by atoms with Crippen LogP contribution in [0.2, 0.25) is 0 Å². The molecule has 0 atom stereocenters. The van der Waals surface area contributed by atoms with Crippen molar-refractivity contribution < 1.29 is 9.59 Å². The van der Waals surface area contributed by atoms with E-state index in [2.05, 4.69) is 27.3 Å². The third-order valence-corrected chi connectivity index (χ3v) is 6.60. The highest BCUT2D eigenvalue weighted by molar-refractivity contribution is 7.98. The summed E-state index contributed by atoms with van der Waals surface area (Å²) in [4.78, 5) is 38.1. The molecule has 0 unspecified atom stereocenters. The van der Waals surface area contributed by atoms with Gasteiger partial charge in [-0.2, -0.15) is 17.0 Å². The first-order valence-electron chi connectivity index (χ1n) is 11.7. The molecule has 0 bridgehead atoms. The summed E-state index contributed by atoms with van der Waals surface area (Å²) in [5.74, 6) is 2.40. The van der Waals surface area contributed by atoms with Gasteiger partial charge in [0.25, 0.3) is 0 Å². The van der Waals surface area contributed by atoms with Crippen molar-refractivity contribution in [2.75, 3.05) is 69.0 Å². The quantitative estimate of drug-likeness (QED) is 0.329. The molecule has 0 fully saturated rings. The number of rotatable bonds is 13. The topological polar surface area (TPSA) is 105 Å². The SMILES string of the molecule is CSCCNc1cc(N2CCCc3cc(CN(C)CCN(C)CC=O)c(C=O)nc32)ncc1C#N. The van der Waals surface area contributed by atoms with Gasteiger partial charge < -0.3 is 19.9 Å². The number of nitrogens with one attached hydrogen (secondary N) is 1. The van der Waals surface area contributed by atoms with Crippen LogP contribution in [-0.4, -0.2) is 91.2 Å². The number of carbonyl (C=O) groups excluding carboxylic acids is 2. The molecule has 0 spiro atoms. The Morgan fingerprint density at radius 2 is 2.06 bits per heavy atom. The summed E-state index contributed by atoms with van der Waals surface area (Å²) in [6.07, 6.45) is 7.18. The van der Waals surface area contributed by atoms with E-state index in [9.17, 15) is 14.9 Å². The van der Waals surface area contributed by atoms with E-state index in [1.165, 1.54) is 0 Å². The first kappa shape index (κ1) is 26.6. The largest absolute Gasteiger partial charge is 0.383 e. The fraction of sp³-hybridized carbons (Fsp3) is 0.480.